The zero-order chi connectivity index (χ0) is 18.9. The summed E-state index contributed by atoms with van der Waals surface area (Å²) in [6.07, 6.45) is 3.69. The Morgan fingerprint density at radius 3 is 2.68 bits per heavy atom. The Labute approximate surface area is 151 Å². The molecule has 0 bridgehead atoms. The van der Waals surface area contributed by atoms with Gasteiger partial charge < -0.3 is 15.0 Å². The van der Waals surface area contributed by atoms with E-state index in [1.54, 1.807) is 0 Å². The average molecular weight is 357 g/mol. The predicted molar refractivity (Wildman–Crippen MR) is 96.5 cm³/mol. The first-order valence-corrected chi connectivity index (χ1v) is 9.35. The van der Waals surface area contributed by atoms with E-state index in [2.05, 4.69) is 33.0 Å². The van der Waals surface area contributed by atoms with E-state index in [-0.39, 0.29) is 11.4 Å². The number of carbonyl (C=O) groups is 2. The van der Waals surface area contributed by atoms with Gasteiger partial charge >= 0.3 is 12.1 Å². The summed E-state index contributed by atoms with van der Waals surface area (Å²) < 4.78 is 5.12. The zero-order valence-corrected chi connectivity index (χ0v) is 16.2. The quantitative estimate of drug-likeness (QED) is 0.463. The van der Waals surface area contributed by atoms with Gasteiger partial charge in [0.2, 0.25) is 0 Å². The fourth-order valence-corrected chi connectivity index (χ4v) is 2.77. The molecule has 0 saturated carbocycles. The third-order valence-electron chi connectivity index (χ3n) is 4.41. The van der Waals surface area contributed by atoms with Crippen LogP contribution in [0.15, 0.2) is 0 Å². The van der Waals surface area contributed by atoms with E-state index < -0.39 is 6.09 Å². The van der Waals surface area contributed by atoms with Crippen molar-refractivity contribution >= 4 is 12.1 Å². The maximum absolute atomic E-state index is 11.7. The lowest BCUT2D eigenvalue weighted by atomic mass is 9.91. The van der Waals surface area contributed by atoms with Crippen molar-refractivity contribution in [1.29, 1.82) is 0 Å². The van der Waals surface area contributed by atoms with Crippen LogP contribution in [0.4, 0.5) is 9.59 Å². The van der Waals surface area contributed by atoms with Crippen molar-refractivity contribution < 1.29 is 19.5 Å². The Kier molecular flexibility index (Phi) is 9.03. The predicted octanol–water partition coefficient (Wildman–Crippen LogP) is 3.47. The van der Waals surface area contributed by atoms with E-state index in [4.69, 9.17) is 4.74 Å². The van der Waals surface area contributed by atoms with Crippen LogP contribution < -0.4 is 5.32 Å². The number of hydrogen-bond donors (Lipinski definition) is 2. The van der Waals surface area contributed by atoms with Crippen molar-refractivity contribution in [3.63, 3.8) is 0 Å². The second-order valence-electron chi connectivity index (χ2n) is 8.16. The summed E-state index contributed by atoms with van der Waals surface area (Å²) in [6.45, 7) is 11.4. The third-order valence-corrected chi connectivity index (χ3v) is 4.41. The summed E-state index contributed by atoms with van der Waals surface area (Å²) >= 11 is 0. The molecule has 0 aromatic rings. The van der Waals surface area contributed by atoms with Gasteiger partial charge in [0.05, 0.1) is 13.2 Å². The molecule has 2 N–H and O–H groups in total. The first-order chi connectivity index (χ1) is 11.7. The van der Waals surface area contributed by atoms with E-state index in [1.807, 2.05) is 4.90 Å². The lowest BCUT2D eigenvalue weighted by Crippen LogP contribution is -2.30. The molecule has 0 aromatic carbocycles. The molecule has 1 saturated heterocycles. The highest BCUT2D eigenvalue weighted by atomic mass is 16.6. The highest BCUT2D eigenvalue weighted by Gasteiger charge is 2.19. The lowest BCUT2D eigenvalue weighted by molar-refractivity contribution is -0.0764. The number of hydrogen-bond acceptors (Lipinski definition) is 4. The van der Waals surface area contributed by atoms with E-state index in [0.717, 1.165) is 51.7 Å². The number of nitrogens with zero attached hydrogens (tertiary/aromatic N) is 2. The smallest absolute Gasteiger partial charge is 0.433 e. The summed E-state index contributed by atoms with van der Waals surface area (Å²) in [5.74, 6) is 0.409. The fraction of sp³-hybridized carbons (Fsp3) is 0.889. The van der Waals surface area contributed by atoms with Gasteiger partial charge in [-0.1, -0.05) is 27.7 Å². The molecule has 1 rings (SSSR count). The summed E-state index contributed by atoms with van der Waals surface area (Å²) in [7, 11) is 0. The fourth-order valence-electron chi connectivity index (χ4n) is 2.77. The lowest BCUT2D eigenvalue weighted by Gasteiger charge is -2.20. The molecular weight excluding hydrogens is 322 g/mol. The summed E-state index contributed by atoms with van der Waals surface area (Å²) in [4.78, 5) is 25.0. The molecular formula is C18H35N3O4. The minimum Gasteiger partial charge on any atom is -0.448 e. The maximum Gasteiger partial charge on any atom is 0.433 e. The van der Waals surface area contributed by atoms with E-state index in [0.29, 0.717) is 24.1 Å². The first-order valence-electron chi connectivity index (χ1n) is 9.35. The molecule has 0 aromatic heterocycles. The van der Waals surface area contributed by atoms with Gasteiger partial charge in [0, 0.05) is 19.6 Å². The summed E-state index contributed by atoms with van der Waals surface area (Å²) in [6, 6.07) is 0.0241. The largest absolute Gasteiger partial charge is 0.448 e. The molecule has 7 heteroatoms. The first kappa shape index (κ1) is 21.5. The Bertz CT molecular complexity index is 423. The number of carbonyl (C=O) groups excluding carboxylic acids is 2. The molecule has 146 valence electrons. The standard InChI is InChI=1S/C18H35N3O4/c1-15(7-5-11-20-13-10-19-16(20)22)8-14-25-17(23)21(24)12-6-9-18(2,3)4/h15,24H,5-14H2,1-4H3,(H,19,22). The van der Waals surface area contributed by atoms with Gasteiger partial charge in [0.25, 0.3) is 0 Å². The van der Waals surface area contributed by atoms with Gasteiger partial charge in [0.15, 0.2) is 0 Å². The van der Waals surface area contributed by atoms with Gasteiger partial charge in [-0.05, 0) is 43.4 Å². The molecule has 1 unspecified atom stereocenters. The van der Waals surface area contributed by atoms with Crippen molar-refractivity contribution in [2.24, 2.45) is 11.3 Å². The van der Waals surface area contributed by atoms with Crippen LogP contribution >= 0.6 is 0 Å². The van der Waals surface area contributed by atoms with Crippen molar-refractivity contribution in [2.45, 2.75) is 59.8 Å². The Balaban J connectivity index is 2.06. The average Bonchev–Trinajstić information content (AvgIpc) is 2.91. The summed E-state index contributed by atoms with van der Waals surface area (Å²) in [5, 5.41) is 13.1. The van der Waals surface area contributed by atoms with Crippen LogP contribution in [0.25, 0.3) is 0 Å². The van der Waals surface area contributed by atoms with Crippen LogP contribution in [0.1, 0.15) is 59.8 Å². The SMILES string of the molecule is CC(CCCN1CCNC1=O)CCOC(=O)N(O)CCCC(C)(C)C. The molecule has 1 atom stereocenters. The van der Waals surface area contributed by atoms with Gasteiger partial charge in [-0.2, -0.15) is 5.06 Å². The minimum atomic E-state index is -0.671. The number of ether oxygens (including phenoxy) is 1. The number of rotatable bonds is 10. The second-order valence-corrected chi connectivity index (χ2v) is 8.16. The van der Waals surface area contributed by atoms with Crippen LogP contribution in [-0.4, -0.2) is 60.1 Å². The molecule has 1 aliphatic heterocycles. The maximum atomic E-state index is 11.7. The van der Waals surface area contributed by atoms with E-state index >= 15 is 0 Å². The van der Waals surface area contributed by atoms with Crippen molar-refractivity contribution in [3.8, 4) is 0 Å². The Hall–Kier alpha value is -1.50. The molecule has 7 nitrogen and oxygen atoms in total. The van der Waals surface area contributed by atoms with E-state index in [1.165, 1.54) is 0 Å². The molecule has 0 aliphatic carbocycles. The van der Waals surface area contributed by atoms with Gasteiger partial charge in [-0.25, -0.2) is 9.59 Å². The van der Waals surface area contributed by atoms with Crippen LogP contribution in [0.5, 0.6) is 0 Å². The monoisotopic (exact) mass is 357 g/mol. The van der Waals surface area contributed by atoms with Crippen LogP contribution in [-0.2, 0) is 4.74 Å². The normalized spacial score (nSPS) is 15.9. The molecule has 0 radical (unpaired) electrons. The van der Waals surface area contributed by atoms with Gasteiger partial charge in [-0.3, -0.25) is 5.21 Å². The summed E-state index contributed by atoms with van der Waals surface area (Å²) in [5.41, 5.74) is 0.190. The number of nitrogens with one attached hydrogen (secondary N) is 1. The molecule has 1 fully saturated rings. The Morgan fingerprint density at radius 2 is 2.08 bits per heavy atom. The Morgan fingerprint density at radius 1 is 1.36 bits per heavy atom. The van der Waals surface area contributed by atoms with Crippen molar-refractivity contribution in [2.75, 3.05) is 32.8 Å². The molecule has 1 aliphatic rings. The number of hydroxylamine groups is 2. The molecule has 25 heavy (non-hydrogen) atoms. The third kappa shape index (κ3) is 9.53. The highest BCUT2D eigenvalue weighted by molar-refractivity contribution is 5.76. The topological polar surface area (TPSA) is 82.1 Å². The van der Waals surface area contributed by atoms with Gasteiger partial charge in [-0.15, -0.1) is 0 Å². The van der Waals surface area contributed by atoms with Crippen LogP contribution in [0.2, 0.25) is 0 Å². The zero-order valence-electron chi connectivity index (χ0n) is 16.2. The molecule has 3 amide bonds. The molecule has 1 heterocycles. The minimum absolute atomic E-state index is 0.0241. The van der Waals surface area contributed by atoms with Gasteiger partial charge in [0.1, 0.15) is 0 Å². The number of urea groups is 1. The van der Waals surface area contributed by atoms with Crippen molar-refractivity contribution in [3.05, 3.63) is 0 Å². The number of amides is 3. The second kappa shape index (κ2) is 10.5. The molecule has 0 spiro atoms. The van der Waals surface area contributed by atoms with E-state index in [9.17, 15) is 14.8 Å². The van der Waals surface area contributed by atoms with Crippen LogP contribution in [0.3, 0.4) is 0 Å². The highest BCUT2D eigenvalue weighted by Crippen LogP contribution is 2.20. The van der Waals surface area contributed by atoms with Crippen LogP contribution in [0, 0.1) is 11.3 Å². The van der Waals surface area contributed by atoms with Crippen molar-refractivity contribution in [1.82, 2.24) is 15.3 Å².